The molecule has 0 radical (unpaired) electrons. The van der Waals surface area contributed by atoms with Gasteiger partial charge in [0, 0.05) is 30.6 Å². The summed E-state index contributed by atoms with van der Waals surface area (Å²) in [4.78, 5) is 15.8. The lowest BCUT2D eigenvalue weighted by molar-refractivity contribution is 0.634. The Hall–Kier alpha value is -2.36. The highest BCUT2D eigenvalue weighted by molar-refractivity contribution is 5.91. The molecule has 4 heteroatoms. The molecule has 4 nitrogen and oxygen atoms in total. The first-order valence-corrected chi connectivity index (χ1v) is 6.82. The third-order valence-electron chi connectivity index (χ3n) is 4.25. The third-order valence-corrected chi connectivity index (χ3v) is 4.25. The van der Waals surface area contributed by atoms with E-state index in [0.717, 1.165) is 30.2 Å². The van der Waals surface area contributed by atoms with Gasteiger partial charge in [-0.2, -0.15) is 4.98 Å². The lowest BCUT2D eigenvalue weighted by atomic mass is 10.0. The Kier molecular flexibility index (Phi) is 2.19. The number of aryl methyl sites for hydroxylation is 3. The molecular formula is C16H15N3O. The van der Waals surface area contributed by atoms with E-state index in [1.54, 1.807) is 6.07 Å². The minimum Gasteiger partial charge on any atom is -0.342 e. The second-order valence-corrected chi connectivity index (χ2v) is 5.33. The van der Waals surface area contributed by atoms with Gasteiger partial charge in [0.05, 0.1) is 11.4 Å². The van der Waals surface area contributed by atoms with Crippen LogP contribution >= 0.6 is 0 Å². The van der Waals surface area contributed by atoms with E-state index >= 15 is 0 Å². The third kappa shape index (κ3) is 1.36. The van der Waals surface area contributed by atoms with Gasteiger partial charge in [-0.05, 0) is 25.0 Å². The fourth-order valence-corrected chi connectivity index (χ4v) is 3.37. The largest absolute Gasteiger partial charge is 0.342 e. The number of hydrogen-bond acceptors (Lipinski definition) is 2. The van der Waals surface area contributed by atoms with E-state index in [9.17, 15) is 4.79 Å². The van der Waals surface area contributed by atoms with Crippen LogP contribution in [0.25, 0.3) is 22.3 Å². The van der Waals surface area contributed by atoms with Crippen molar-refractivity contribution in [1.82, 2.24) is 14.1 Å². The van der Waals surface area contributed by atoms with Crippen molar-refractivity contribution in [1.29, 1.82) is 0 Å². The molecule has 4 rings (SSSR count). The molecule has 2 aromatic heterocycles. The molecule has 0 saturated heterocycles. The van der Waals surface area contributed by atoms with Crippen molar-refractivity contribution in [3.63, 3.8) is 0 Å². The van der Waals surface area contributed by atoms with Gasteiger partial charge in [-0.15, -0.1) is 0 Å². The van der Waals surface area contributed by atoms with E-state index in [4.69, 9.17) is 0 Å². The topological polar surface area (TPSA) is 39.8 Å². The fraction of sp³-hybridized carbons (Fsp3) is 0.250. The first-order valence-electron chi connectivity index (χ1n) is 6.82. The molecule has 0 spiro atoms. The molecule has 1 aromatic carbocycles. The van der Waals surface area contributed by atoms with Gasteiger partial charge >= 0.3 is 0 Å². The number of hydrogen-bond donors (Lipinski definition) is 0. The van der Waals surface area contributed by atoms with Crippen molar-refractivity contribution in [2.45, 2.75) is 19.9 Å². The van der Waals surface area contributed by atoms with Gasteiger partial charge in [-0.3, -0.25) is 4.79 Å². The van der Waals surface area contributed by atoms with Gasteiger partial charge in [0.1, 0.15) is 5.82 Å². The van der Waals surface area contributed by atoms with E-state index in [2.05, 4.69) is 45.4 Å². The Morgan fingerprint density at radius 2 is 2.05 bits per heavy atom. The quantitative estimate of drug-likeness (QED) is 0.625. The summed E-state index contributed by atoms with van der Waals surface area (Å²) in [6, 6.07) is 10.1. The van der Waals surface area contributed by atoms with Crippen LogP contribution in [-0.4, -0.2) is 14.1 Å². The summed E-state index contributed by atoms with van der Waals surface area (Å²) in [5, 5.41) is 1.29. The summed E-state index contributed by atoms with van der Waals surface area (Å²) < 4.78 is 4.33. The Morgan fingerprint density at radius 1 is 1.25 bits per heavy atom. The van der Waals surface area contributed by atoms with Gasteiger partial charge in [0.25, 0.3) is 5.56 Å². The van der Waals surface area contributed by atoms with Crippen LogP contribution in [0, 0.1) is 6.92 Å². The normalized spacial score (nSPS) is 13.3. The average molecular weight is 265 g/mol. The van der Waals surface area contributed by atoms with Gasteiger partial charge in [-0.25, -0.2) is 0 Å². The summed E-state index contributed by atoms with van der Waals surface area (Å²) in [5.41, 5.74) is 4.54. The van der Waals surface area contributed by atoms with Crippen LogP contribution in [-0.2, 0) is 20.0 Å². The second kappa shape index (κ2) is 3.82. The molecule has 3 heterocycles. The molecule has 0 amide bonds. The van der Waals surface area contributed by atoms with Crippen molar-refractivity contribution in [3.8, 4) is 11.4 Å². The fourth-order valence-electron chi connectivity index (χ4n) is 3.37. The molecule has 0 saturated carbocycles. The zero-order chi connectivity index (χ0) is 13.9. The minimum atomic E-state index is -0.160. The zero-order valence-electron chi connectivity index (χ0n) is 11.6. The number of aromatic nitrogens is 3. The van der Waals surface area contributed by atoms with Crippen molar-refractivity contribution in [2.24, 2.45) is 7.05 Å². The number of rotatable bonds is 0. The van der Waals surface area contributed by atoms with E-state index in [0.29, 0.717) is 0 Å². The van der Waals surface area contributed by atoms with E-state index in [-0.39, 0.29) is 5.56 Å². The van der Waals surface area contributed by atoms with Crippen molar-refractivity contribution in [2.75, 3.05) is 0 Å². The zero-order valence-corrected chi connectivity index (χ0v) is 11.6. The maximum absolute atomic E-state index is 11.8. The van der Waals surface area contributed by atoms with Crippen LogP contribution in [0.5, 0.6) is 0 Å². The molecule has 0 atom stereocenters. The number of benzene rings is 1. The van der Waals surface area contributed by atoms with Crippen molar-refractivity contribution < 1.29 is 0 Å². The van der Waals surface area contributed by atoms with Gasteiger partial charge < -0.3 is 9.13 Å². The number of para-hydroxylation sites is 1. The first-order chi connectivity index (χ1) is 9.66. The lowest BCUT2D eigenvalue weighted by Crippen LogP contribution is -2.22. The standard InChI is InChI=1S/C16H15N3O/c1-10-17-15(20)9-14-16-12(7-8-19(10)14)11-5-3-4-6-13(11)18(16)2/h3-6,9H,7-8H2,1-2H3. The maximum atomic E-state index is 11.8. The lowest BCUT2D eigenvalue weighted by Gasteiger charge is -2.22. The molecule has 100 valence electrons. The van der Waals surface area contributed by atoms with Crippen LogP contribution in [0.1, 0.15) is 11.4 Å². The monoisotopic (exact) mass is 265 g/mol. The average Bonchev–Trinajstić information content (AvgIpc) is 2.73. The molecule has 0 fully saturated rings. The van der Waals surface area contributed by atoms with E-state index < -0.39 is 0 Å². The maximum Gasteiger partial charge on any atom is 0.273 e. The minimum absolute atomic E-state index is 0.160. The van der Waals surface area contributed by atoms with Gasteiger partial charge in [0.15, 0.2) is 0 Å². The molecule has 1 aliphatic rings. The van der Waals surface area contributed by atoms with Crippen molar-refractivity contribution in [3.05, 3.63) is 52.1 Å². The Balaban J connectivity index is 2.18. The Bertz CT molecular complexity index is 902. The van der Waals surface area contributed by atoms with Crippen LogP contribution in [0.3, 0.4) is 0 Å². The summed E-state index contributed by atoms with van der Waals surface area (Å²) in [6.45, 7) is 2.79. The molecule has 0 unspecified atom stereocenters. The highest BCUT2D eigenvalue weighted by atomic mass is 16.1. The number of fused-ring (bicyclic) bond motifs is 5. The first kappa shape index (κ1) is 11.5. The molecule has 1 aliphatic heterocycles. The van der Waals surface area contributed by atoms with E-state index in [1.165, 1.54) is 16.5 Å². The van der Waals surface area contributed by atoms with Crippen LogP contribution in [0.2, 0.25) is 0 Å². The molecule has 3 aromatic rings. The van der Waals surface area contributed by atoms with E-state index in [1.807, 2.05) is 6.92 Å². The summed E-state index contributed by atoms with van der Waals surface area (Å²) in [7, 11) is 2.07. The Morgan fingerprint density at radius 3 is 2.90 bits per heavy atom. The smallest absolute Gasteiger partial charge is 0.273 e. The van der Waals surface area contributed by atoms with Crippen LogP contribution < -0.4 is 5.56 Å². The van der Waals surface area contributed by atoms with Gasteiger partial charge in [-0.1, -0.05) is 18.2 Å². The highest BCUT2D eigenvalue weighted by Crippen LogP contribution is 2.36. The molecular weight excluding hydrogens is 250 g/mol. The van der Waals surface area contributed by atoms with Crippen LogP contribution in [0.4, 0.5) is 0 Å². The predicted molar refractivity (Wildman–Crippen MR) is 78.9 cm³/mol. The van der Waals surface area contributed by atoms with Gasteiger partial charge in [0.2, 0.25) is 0 Å². The summed E-state index contributed by atoms with van der Waals surface area (Å²) in [6.07, 6.45) is 0.981. The highest BCUT2D eigenvalue weighted by Gasteiger charge is 2.23. The van der Waals surface area contributed by atoms with Crippen LogP contribution in [0.15, 0.2) is 35.1 Å². The molecule has 0 aliphatic carbocycles. The second-order valence-electron chi connectivity index (χ2n) is 5.33. The Labute approximate surface area is 116 Å². The molecule has 20 heavy (non-hydrogen) atoms. The SMILES string of the molecule is Cc1nc(=O)cc2n1CCc1c-2n(C)c2ccccc12. The summed E-state index contributed by atoms with van der Waals surface area (Å²) in [5.74, 6) is 0.795. The predicted octanol–water partition coefficient (Wildman–Crippen LogP) is 2.27. The molecule has 0 N–H and O–H groups in total. The molecule has 0 bridgehead atoms. The summed E-state index contributed by atoms with van der Waals surface area (Å²) >= 11 is 0. The van der Waals surface area contributed by atoms with Crippen molar-refractivity contribution >= 4 is 10.9 Å². The number of nitrogens with zero attached hydrogens (tertiary/aromatic N) is 3.